The number of fused-ring (bicyclic) bond motifs is 1. The average Bonchev–Trinajstić information content (AvgIpc) is 3.32. The number of halogens is 5. The van der Waals surface area contributed by atoms with Gasteiger partial charge in [-0.2, -0.15) is 13.2 Å². The summed E-state index contributed by atoms with van der Waals surface area (Å²) in [6, 6.07) is 10.8. The molecule has 3 amide bonds. The van der Waals surface area contributed by atoms with Crippen LogP contribution in [-0.2, 0) is 28.9 Å². The van der Waals surface area contributed by atoms with E-state index in [0.29, 0.717) is 12.1 Å². The Kier molecular flexibility index (Phi) is 8.06. The summed E-state index contributed by atoms with van der Waals surface area (Å²) in [5, 5.41) is 5.37. The quantitative estimate of drug-likeness (QED) is 0.290. The first-order valence-corrected chi connectivity index (χ1v) is 14.6. The van der Waals surface area contributed by atoms with Crippen LogP contribution < -0.4 is 15.5 Å². The standard InChI is InChI=1S/C32H30F5N5O3/c33-23-3-1-2-20(13-23)21-14-25(32(35,36)37)28(39-16-21)41-10-8-31(34,9-11-41)18-38-15-19-4-5-24-22(12-19)17-42(30(24)45)26-6-7-27(43)40-29(26)44/h1-5,12-14,16,26,38H,6-11,15,17-18H2,(H,40,43,44). The first kappa shape index (κ1) is 30.6. The molecule has 2 fully saturated rings. The lowest BCUT2D eigenvalue weighted by atomic mass is 9.92. The van der Waals surface area contributed by atoms with Gasteiger partial charge >= 0.3 is 6.18 Å². The highest BCUT2D eigenvalue weighted by atomic mass is 19.4. The van der Waals surface area contributed by atoms with Crippen LogP contribution >= 0.6 is 0 Å². The number of carbonyl (C=O) groups is 3. The summed E-state index contributed by atoms with van der Waals surface area (Å²) in [5.74, 6) is -1.97. The summed E-state index contributed by atoms with van der Waals surface area (Å²) in [6.45, 7) is 0.581. The van der Waals surface area contributed by atoms with Crippen LogP contribution in [0, 0.1) is 5.82 Å². The second kappa shape index (κ2) is 11.8. The third kappa shape index (κ3) is 6.39. The number of hydrogen-bond donors (Lipinski definition) is 2. The fourth-order valence-electron chi connectivity index (χ4n) is 6.21. The molecule has 0 spiro atoms. The minimum atomic E-state index is -4.71. The zero-order chi connectivity index (χ0) is 31.9. The van der Waals surface area contributed by atoms with E-state index < -0.39 is 35.2 Å². The van der Waals surface area contributed by atoms with E-state index in [-0.39, 0.29) is 80.6 Å². The Morgan fingerprint density at radius 1 is 1.02 bits per heavy atom. The molecule has 0 bridgehead atoms. The Bertz CT molecular complexity index is 1650. The summed E-state index contributed by atoms with van der Waals surface area (Å²) < 4.78 is 71.5. The van der Waals surface area contributed by atoms with Crippen LogP contribution in [0.4, 0.5) is 27.8 Å². The van der Waals surface area contributed by atoms with Gasteiger partial charge in [-0.1, -0.05) is 24.3 Å². The van der Waals surface area contributed by atoms with Crippen molar-refractivity contribution in [1.82, 2.24) is 20.5 Å². The highest BCUT2D eigenvalue weighted by Gasteiger charge is 2.41. The number of piperidine rings is 2. The molecule has 1 aromatic heterocycles. The van der Waals surface area contributed by atoms with Crippen molar-refractivity contribution in [3.63, 3.8) is 0 Å². The van der Waals surface area contributed by atoms with E-state index in [2.05, 4.69) is 15.6 Å². The summed E-state index contributed by atoms with van der Waals surface area (Å²) >= 11 is 0. The van der Waals surface area contributed by atoms with Crippen LogP contribution in [0.1, 0.15) is 52.7 Å². The molecule has 2 saturated heterocycles. The maximum atomic E-state index is 15.7. The lowest BCUT2D eigenvalue weighted by Gasteiger charge is -2.38. The smallest absolute Gasteiger partial charge is 0.356 e. The van der Waals surface area contributed by atoms with Gasteiger partial charge in [0, 0.05) is 69.3 Å². The van der Waals surface area contributed by atoms with Gasteiger partial charge in [0.2, 0.25) is 11.8 Å². The van der Waals surface area contributed by atoms with Gasteiger partial charge in [-0.3, -0.25) is 19.7 Å². The van der Waals surface area contributed by atoms with Crippen molar-refractivity contribution in [3.05, 3.63) is 82.8 Å². The number of imide groups is 1. The summed E-state index contributed by atoms with van der Waals surface area (Å²) in [5.41, 5.74) is -0.173. The molecule has 3 aromatic rings. The van der Waals surface area contributed by atoms with Crippen LogP contribution in [-0.4, -0.2) is 59.0 Å². The van der Waals surface area contributed by atoms with E-state index in [1.807, 2.05) is 6.07 Å². The van der Waals surface area contributed by atoms with E-state index in [1.54, 1.807) is 12.1 Å². The maximum Gasteiger partial charge on any atom is 0.419 e. The van der Waals surface area contributed by atoms with Crippen LogP contribution in [0.5, 0.6) is 0 Å². The third-order valence-electron chi connectivity index (χ3n) is 8.65. The molecule has 1 unspecified atom stereocenters. The number of rotatable bonds is 7. The highest BCUT2D eigenvalue weighted by molar-refractivity contribution is 6.05. The lowest BCUT2D eigenvalue weighted by Crippen LogP contribution is -2.52. The Labute approximate surface area is 255 Å². The highest BCUT2D eigenvalue weighted by Crippen LogP contribution is 2.40. The molecule has 2 N–H and O–H groups in total. The number of carbonyl (C=O) groups excluding carboxylic acids is 3. The van der Waals surface area contributed by atoms with Gasteiger partial charge in [0.1, 0.15) is 23.3 Å². The Balaban J connectivity index is 1.06. The van der Waals surface area contributed by atoms with Gasteiger partial charge in [-0.15, -0.1) is 0 Å². The molecule has 3 aliphatic rings. The fourth-order valence-corrected chi connectivity index (χ4v) is 6.21. The number of benzene rings is 2. The van der Waals surface area contributed by atoms with Gasteiger partial charge in [0.05, 0.1) is 5.56 Å². The van der Waals surface area contributed by atoms with Gasteiger partial charge < -0.3 is 15.1 Å². The van der Waals surface area contributed by atoms with Crippen molar-refractivity contribution >= 4 is 23.5 Å². The fraction of sp³-hybridized carbons (Fsp3) is 0.375. The molecule has 1 atom stereocenters. The second-order valence-electron chi connectivity index (χ2n) is 11.7. The van der Waals surface area contributed by atoms with Gasteiger partial charge in [-0.25, -0.2) is 13.8 Å². The molecule has 4 heterocycles. The van der Waals surface area contributed by atoms with E-state index in [9.17, 15) is 31.9 Å². The van der Waals surface area contributed by atoms with E-state index in [1.165, 1.54) is 34.2 Å². The topological polar surface area (TPSA) is 94.6 Å². The molecule has 2 aromatic carbocycles. The van der Waals surface area contributed by atoms with E-state index in [0.717, 1.165) is 23.3 Å². The summed E-state index contributed by atoms with van der Waals surface area (Å²) in [4.78, 5) is 43.6. The lowest BCUT2D eigenvalue weighted by molar-refractivity contribution is -0.138. The monoisotopic (exact) mass is 627 g/mol. The number of pyridine rings is 1. The Morgan fingerprint density at radius 2 is 1.80 bits per heavy atom. The number of aromatic nitrogens is 1. The van der Waals surface area contributed by atoms with Crippen molar-refractivity contribution in [2.24, 2.45) is 0 Å². The Morgan fingerprint density at radius 3 is 2.51 bits per heavy atom. The third-order valence-corrected chi connectivity index (χ3v) is 8.65. The maximum absolute atomic E-state index is 15.7. The van der Waals surface area contributed by atoms with Gasteiger partial charge in [0.15, 0.2) is 0 Å². The predicted molar refractivity (Wildman–Crippen MR) is 154 cm³/mol. The zero-order valence-electron chi connectivity index (χ0n) is 24.1. The van der Waals surface area contributed by atoms with Crippen LogP contribution in [0.25, 0.3) is 11.1 Å². The van der Waals surface area contributed by atoms with Gasteiger partial charge in [0.25, 0.3) is 5.91 Å². The molecule has 0 radical (unpaired) electrons. The molecular weight excluding hydrogens is 597 g/mol. The van der Waals surface area contributed by atoms with Crippen molar-refractivity contribution in [2.75, 3.05) is 24.5 Å². The minimum absolute atomic E-state index is 0.00969. The van der Waals surface area contributed by atoms with Crippen LogP contribution in [0.15, 0.2) is 54.7 Å². The minimum Gasteiger partial charge on any atom is -0.356 e. The van der Waals surface area contributed by atoms with Crippen molar-refractivity contribution in [1.29, 1.82) is 0 Å². The first-order chi connectivity index (χ1) is 21.4. The number of amides is 3. The number of anilines is 1. The number of nitrogens with one attached hydrogen (secondary N) is 2. The predicted octanol–water partition coefficient (Wildman–Crippen LogP) is 4.77. The zero-order valence-corrected chi connectivity index (χ0v) is 24.1. The molecule has 45 heavy (non-hydrogen) atoms. The molecule has 13 heteroatoms. The van der Waals surface area contributed by atoms with E-state index >= 15 is 4.39 Å². The average molecular weight is 628 g/mol. The molecule has 8 nitrogen and oxygen atoms in total. The molecule has 0 saturated carbocycles. The molecule has 6 rings (SSSR count). The Hall–Kier alpha value is -4.39. The van der Waals surface area contributed by atoms with Gasteiger partial charge in [-0.05, 0) is 47.4 Å². The second-order valence-corrected chi connectivity index (χ2v) is 11.7. The molecule has 236 valence electrons. The number of alkyl halides is 4. The number of nitrogens with zero attached hydrogens (tertiary/aromatic N) is 3. The molecule has 3 aliphatic heterocycles. The van der Waals surface area contributed by atoms with Crippen molar-refractivity contribution < 1.29 is 36.3 Å². The normalized spacial score (nSPS) is 19.9. The summed E-state index contributed by atoms with van der Waals surface area (Å²) in [7, 11) is 0. The van der Waals surface area contributed by atoms with Crippen LogP contribution in [0.2, 0.25) is 0 Å². The summed E-state index contributed by atoms with van der Waals surface area (Å²) in [6.07, 6.45) is -3.03. The van der Waals surface area contributed by atoms with E-state index in [4.69, 9.17) is 0 Å². The largest absolute Gasteiger partial charge is 0.419 e. The molecular formula is C32H30F5N5O3. The molecule has 0 aliphatic carbocycles. The number of hydrogen-bond acceptors (Lipinski definition) is 6. The SMILES string of the molecule is O=C1CCC(N2Cc3cc(CNCC4(F)CCN(c5ncc(-c6cccc(F)c6)cc5C(F)(F)F)CC4)ccc3C2=O)C(=O)N1. The van der Waals surface area contributed by atoms with Crippen molar-refractivity contribution in [3.8, 4) is 11.1 Å². The van der Waals surface area contributed by atoms with Crippen LogP contribution in [0.3, 0.4) is 0 Å². The van der Waals surface area contributed by atoms with Crippen molar-refractivity contribution in [2.45, 2.75) is 56.7 Å². The first-order valence-electron chi connectivity index (χ1n) is 14.6.